The number of halogens is 2. The number of phenols is 1. The van der Waals surface area contributed by atoms with Crippen molar-refractivity contribution < 1.29 is 25.1 Å². The van der Waals surface area contributed by atoms with Crippen LogP contribution in [0.3, 0.4) is 0 Å². The molecule has 5 heteroatoms. The van der Waals surface area contributed by atoms with E-state index >= 15 is 0 Å². The second kappa shape index (κ2) is 23.1. The van der Waals surface area contributed by atoms with Crippen LogP contribution in [-0.4, -0.2) is 20.2 Å². The van der Waals surface area contributed by atoms with Crippen molar-refractivity contribution in [1.29, 1.82) is 0 Å². The van der Waals surface area contributed by atoms with Gasteiger partial charge in [-0.3, -0.25) is 6.08 Å². The van der Waals surface area contributed by atoms with Crippen LogP contribution in [0.2, 0.25) is 0 Å². The number of rotatable bonds is 0. The van der Waals surface area contributed by atoms with Crippen molar-refractivity contribution in [3.05, 3.63) is 125 Å². The first-order chi connectivity index (χ1) is 15.3. The van der Waals surface area contributed by atoms with Crippen LogP contribution < -0.4 is 0 Å². The largest absolute Gasteiger partial charge is 0.184 e. The molecule has 0 bridgehead atoms. The molecule has 1 N–H and O–H groups in total. The van der Waals surface area contributed by atoms with E-state index in [4.69, 9.17) is 5.11 Å². The summed E-state index contributed by atoms with van der Waals surface area (Å²) in [5.41, 5.74) is 5.22. The predicted octanol–water partition coefficient (Wildman–Crippen LogP) is 6.82. The fourth-order valence-corrected chi connectivity index (χ4v) is 3.62. The summed E-state index contributed by atoms with van der Waals surface area (Å²) in [6, 6.07) is 30.5. The Labute approximate surface area is 234 Å². The van der Waals surface area contributed by atoms with Crippen molar-refractivity contribution >= 4 is 39.9 Å². The fourth-order valence-electron chi connectivity index (χ4n) is 2.80. The minimum Gasteiger partial charge on any atom is -0.184 e. The van der Waals surface area contributed by atoms with Crippen LogP contribution in [0.4, 0.5) is 0 Å². The van der Waals surface area contributed by atoms with Gasteiger partial charge >= 0.3 is 24.8 Å². The maximum Gasteiger partial charge on any atom is -0.171 e. The van der Waals surface area contributed by atoms with E-state index in [0.29, 0.717) is 11.7 Å². The molecule has 0 spiro atoms. The van der Waals surface area contributed by atoms with Crippen molar-refractivity contribution in [2.24, 2.45) is 5.92 Å². The standard InChI is InChI=1S/C8H10O.C8H13Si.2C6H5.CH2.2ClH.Ti/c1-6-3-7(2)5-8(9)4-6;1-5-4-8(9)7(3)6(5)2;2*1-2-4-6-5-3-1;;;;/h3-5,9H,1-2H3;5H,1-3,9H3;2*1-5H;1H2;2*1H;/q;3*-1;;;;. The minimum atomic E-state index is 0. The Morgan fingerprint density at radius 1 is 0.765 bits per heavy atom. The van der Waals surface area contributed by atoms with Crippen LogP contribution in [0.5, 0.6) is 5.75 Å². The van der Waals surface area contributed by atoms with Gasteiger partial charge in [0.15, 0.2) is 0 Å². The third-order valence-electron chi connectivity index (χ3n) is 4.66. The summed E-state index contributed by atoms with van der Waals surface area (Å²) in [6.07, 6.45) is 3.42. The number of phenolic OH excluding ortho intramolecular Hbond substituents is 1. The van der Waals surface area contributed by atoms with Gasteiger partial charge in [-0.25, -0.2) is 10.8 Å². The van der Waals surface area contributed by atoms with Gasteiger partial charge in [-0.1, -0.05) is 25.8 Å². The Hall–Kier alpha value is -1.68. The monoisotopic (exact) mass is 547 g/mol. The molecule has 0 saturated heterocycles. The quantitative estimate of drug-likeness (QED) is 0.242. The van der Waals surface area contributed by atoms with E-state index < -0.39 is 0 Å². The van der Waals surface area contributed by atoms with Crippen molar-refractivity contribution in [1.82, 2.24) is 0 Å². The molecule has 1 unspecified atom stereocenters. The Morgan fingerprint density at radius 2 is 1.15 bits per heavy atom. The molecule has 0 aliphatic heterocycles. The number of hydrogen-bond acceptors (Lipinski definition) is 1. The molecular weight excluding hydrogens is 511 g/mol. The third-order valence-corrected chi connectivity index (χ3v) is 5.70. The summed E-state index contributed by atoms with van der Waals surface area (Å²) >= 11 is 1.75. The van der Waals surface area contributed by atoms with Crippen LogP contribution >= 0.6 is 24.8 Å². The van der Waals surface area contributed by atoms with Crippen LogP contribution in [0.1, 0.15) is 31.9 Å². The van der Waals surface area contributed by atoms with E-state index in [9.17, 15) is 0 Å². The molecule has 184 valence electrons. The Morgan fingerprint density at radius 3 is 1.29 bits per heavy atom. The molecule has 1 atom stereocenters. The van der Waals surface area contributed by atoms with Crippen LogP contribution in [0.25, 0.3) is 0 Å². The van der Waals surface area contributed by atoms with Crippen LogP contribution in [-0.2, 0) is 20.0 Å². The molecule has 3 aromatic rings. The van der Waals surface area contributed by atoms with Crippen molar-refractivity contribution in [2.75, 3.05) is 0 Å². The third kappa shape index (κ3) is 17.8. The molecule has 4 rings (SSSR count). The Kier molecular flexibility index (Phi) is 25.0. The van der Waals surface area contributed by atoms with Gasteiger partial charge in [-0.2, -0.15) is 78.4 Å². The van der Waals surface area contributed by atoms with Crippen LogP contribution in [0, 0.1) is 38.0 Å². The molecule has 1 aliphatic rings. The first kappa shape index (κ1) is 36.9. The first-order valence-electron chi connectivity index (χ1n) is 10.5. The Bertz CT molecular complexity index is 809. The zero-order chi connectivity index (χ0) is 24.4. The zero-order valence-electron chi connectivity index (χ0n) is 21.1. The van der Waals surface area contributed by atoms with Gasteiger partial charge in [-0.05, 0) is 47.3 Å². The second-order valence-electron chi connectivity index (χ2n) is 7.30. The minimum absolute atomic E-state index is 0. The summed E-state index contributed by atoms with van der Waals surface area (Å²) in [6.45, 7) is 10.6. The van der Waals surface area contributed by atoms with Gasteiger partial charge in [0.05, 0.1) is 0 Å². The van der Waals surface area contributed by atoms with E-state index in [0.717, 1.165) is 21.4 Å². The van der Waals surface area contributed by atoms with Gasteiger partial charge in [0.1, 0.15) is 5.75 Å². The van der Waals surface area contributed by atoms with Gasteiger partial charge < -0.3 is 5.11 Å². The van der Waals surface area contributed by atoms with Gasteiger partial charge in [0, 0.05) is 0 Å². The van der Waals surface area contributed by atoms with E-state index in [1.54, 1.807) is 32.1 Å². The van der Waals surface area contributed by atoms with E-state index in [2.05, 4.69) is 43.8 Å². The van der Waals surface area contributed by atoms with Gasteiger partial charge in [0.25, 0.3) is 0 Å². The molecule has 0 radical (unpaired) electrons. The predicted molar refractivity (Wildman–Crippen MR) is 154 cm³/mol. The zero-order valence-corrected chi connectivity index (χ0v) is 26.2. The van der Waals surface area contributed by atoms with E-state index in [1.807, 2.05) is 80.6 Å². The summed E-state index contributed by atoms with van der Waals surface area (Å²) in [7, 11) is 1.16. The Balaban J connectivity index is -0.000000366. The SMILES string of the molecule is CC1=C(C)C(C)[C-]=C1[SiH3].Cc1cc(C)cc(O)c1.Cl.Cl.[CH2]=[Ti].[c-]1ccccc1.[c-]1ccccc1. The molecule has 0 saturated carbocycles. The maximum absolute atomic E-state index is 8.99. The number of hydrogen-bond donors (Lipinski definition) is 1. The van der Waals surface area contributed by atoms with Crippen LogP contribution in [0.15, 0.2) is 95.2 Å². The fraction of sp³-hybridized carbons (Fsp3) is 0.207. The van der Waals surface area contributed by atoms with Crippen molar-refractivity contribution in [3.8, 4) is 5.75 Å². The molecule has 0 fully saturated rings. The number of benzene rings is 3. The van der Waals surface area contributed by atoms with Gasteiger partial charge in [0.2, 0.25) is 0 Å². The van der Waals surface area contributed by atoms with Gasteiger partial charge in [-0.15, -0.1) is 31.7 Å². The molecule has 1 aliphatic carbocycles. The average molecular weight is 548 g/mol. The summed E-state index contributed by atoms with van der Waals surface area (Å²) in [4.78, 5) is 3.25. The summed E-state index contributed by atoms with van der Waals surface area (Å²) in [5.74, 6) is 0.949. The molecule has 0 heterocycles. The number of aryl methyl sites for hydroxylation is 2. The smallest absolute Gasteiger partial charge is 0.171 e. The normalized spacial score (nSPS) is 12.7. The number of allylic oxidation sites excluding steroid dienone is 4. The van der Waals surface area contributed by atoms with Crippen molar-refractivity contribution in [3.63, 3.8) is 0 Å². The first-order valence-corrected chi connectivity index (χ1v) is 12.6. The topological polar surface area (TPSA) is 20.2 Å². The summed E-state index contributed by atoms with van der Waals surface area (Å²) in [5, 5.41) is 10.5. The second-order valence-corrected chi connectivity index (χ2v) is 8.30. The maximum atomic E-state index is 8.99. The van der Waals surface area contributed by atoms with Crippen molar-refractivity contribution in [2.45, 2.75) is 34.6 Å². The summed E-state index contributed by atoms with van der Waals surface area (Å²) < 4.78 is 0. The van der Waals surface area contributed by atoms with E-state index in [-0.39, 0.29) is 24.8 Å². The molecule has 3 aromatic carbocycles. The molecule has 1 nitrogen and oxygen atoms in total. The average Bonchev–Trinajstić information content (AvgIpc) is 3.03. The molecular formula is C29H37Cl2OSiTi-3. The van der Waals surface area contributed by atoms with E-state index in [1.165, 1.54) is 16.3 Å². The molecule has 0 amide bonds. The molecule has 0 aromatic heterocycles. The number of aromatic hydroxyl groups is 1. The molecule has 34 heavy (non-hydrogen) atoms.